The number of para-hydroxylation sites is 1. The Morgan fingerprint density at radius 2 is 1.72 bits per heavy atom. The molecule has 8 nitrogen and oxygen atoms in total. The highest BCUT2D eigenvalue weighted by atomic mass is 16.6. The summed E-state index contributed by atoms with van der Waals surface area (Å²) in [7, 11) is 0. The highest BCUT2D eigenvalue weighted by Crippen LogP contribution is 2.23. The van der Waals surface area contributed by atoms with Gasteiger partial charge in [0.2, 0.25) is 0 Å². The first-order valence-electron chi connectivity index (χ1n) is 9.97. The van der Waals surface area contributed by atoms with E-state index in [2.05, 4.69) is 10.6 Å². The summed E-state index contributed by atoms with van der Waals surface area (Å²) >= 11 is 0. The van der Waals surface area contributed by atoms with Crippen molar-refractivity contribution in [2.24, 2.45) is 0 Å². The predicted molar refractivity (Wildman–Crippen MR) is 121 cm³/mol. The molecule has 0 aliphatic rings. The summed E-state index contributed by atoms with van der Waals surface area (Å²) in [4.78, 5) is 35.6. The molecule has 32 heavy (non-hydrogen) atoms. The van der Waals surface area contributed by atoms with Crippen molar-refractivity contribution in [3.8, 4) is 5.75 Å². The Hall–Kier alpha value is -4.20. The fourth-order valence-corrected chi connectivity index (χ4v) is 3.10. The molecule has 3 aromatic carbocycles. The lowest BCUT2D eigenvalue weighted by Crippen LogP contribution is -2.27. The van der Waals surface area contributed by atoms with Crippen molar-refractivity contribution in [1.82, 2.24) is 5.32 Å². The van der Waals surface area contributed by atoms with Crippen molar-refractivity contribution in [2.75, 3.05) is 11.9 Å². The fourth-order valence-electron chi connectivity index (χ4n) is 3.10. The first-order valence-corrected chi connectivity index (χ1v) is 9.97. The number of nitro groups is 1. The third-order valence-corrected chi connectivity index (χ3v) is 4.83. The minimum atomic E-state index is -0.507. The van der Waals surface area contributed by atoms with Gasteiger partial charge in [-0.3, -0.25) is 19.7 Å². The van der Waals surface area contributed by atoms with Crippen molar-refractivity contribution in [1.29, 1.82) is 0 Å². The second kappa shape index (κ2) is 10.2. The lowest BCUT2D eigenvalue weighted by molar-refractivity contribution is -0.385. The average molecular weight is 433 g/mol. The third-order valence-electron chi connectivity index (χ3n) is 4.83. The van der Waals surface area contributed by atoms with Crippen LogP contribution in [-0.2, 0) is 4.79 Å². The van der Waals surface area contributed by atoms with Gasteiger partial charge in [0.1, 0.15) is 5.75 Å². The van der Waals surface area contributed by atoms with E-state index in [1.165, 1.54) is 6.07 Å². The van der Waals surface area contributed by atoms with Crippen LogP contribution < -0.4 is 15.4 Å². The molecule has 0 radical (unpaired) electrons. The van der Waals surface area contributed by atoms with E-state index in [-0.39, 0.29) is 30.0 Å². The molecule has 0 unspecified atom stereocenters. The number of nitrogens with one attached hydrogen (secondary N) is 2. The summed E-state index contributed by atoms with van der Waals surface area (Å²) in [5.41, 5.74) is 1.96. The first kappa shape index (κ1) is 22.5. The van der Waals surface area contributed by atoms with Gasteiger partial charge in [-0.05, 0) is 37.6 Å². The normalized spacial score (nSPS) is 11.3. The lowest BCUT2D eigenvalue weighted by Gasteiger charge is -2.16. The molecule has 0 saturated heterocycles. The van der Waals surface area contributed by atoms with Gasteiger partial charge in [0, 0.05) is 17.3 Å². The minimum Gasteiger partial charge on any atom is -0.483 e. The zero-order valence-corrected chi connectivity index (χ0v) is 17.7. The predicted octanol–water partition coefficient (Wildman–Crippen LogP) is 4.41. The standard InChI is InChI=1S/C24H23N3O5/c1-16-12-13-19(14-21(16)27(30)31)26-23(28)15-32-22-11-7-6-10-20(22)24(29)25-17(2)18-8-4-3-5-9-18/h3-14,17H,15H2,1-2H3,(H,25,29)(H,26,28)/t17-/m0/s1. The Kier molecular flexibility index (Phi) is 7.17. The maximum Gasteiger partial charge on any atom is 0.274 e. The lowest BCUT2D eigenvalue weighted by atomic mass is 10.1. The molecule has 2 N–H and O–H groups in total. The van der Waals surface area contributed by atoms with E-state index in [0.717, 1.165) is 5.56 Å². The molecule has 0 bridgehead atoms. The molecule has 0 spiro atoms. The number of nitro benzene ring substituents is 1. The Bertz CT molecular complexity index is 1130. The molecule has 0 aliphatic carbocycles. The maximum atomic E-state index is 12.8. The SMILES string of the molecule is Cc1ccc(NC(=O)COc2ccccc2C(=O)N[C@@H](C)c2ccccc2)cc1[N+](=O)[O-]. The van der Waals surface area contributed by atoms with Crippen molar-refractivity contribution < 1.29 is 19.2 Å². The van der Waals surface area contributed by atoms with E-state index >= 15 is 0 Å². The van der Waals surface area contributed by atoms with Gasteiger partial charge in [0.05, 0.1) is 16.5 Å². The summed E-state index contributed by atoms with van der Waals surface area (Å²) in [5, 5.41) is 16.6. The summed E-state index contributed by atoms with van der Waals surface area (Å²) in [6, 6.07) is 20.4. The van der Waals surface area contributed by atoms with E-state index in [1.807, 2.05) is 37.3 Å². The monoisotopic (exact) mass is 433 g/mol. The van der Waals surface area contributed by atoms with E-state index in [4.69, 9.17) is 4.74 Å². The van der Waals surface area contributed by atoms with Gasteiger partial charge in [-0.15, -0.1) is 0 Å². The number of carbonyl (C=O) groups is 2. The van der Waals surface area contributed by atoms with Gasteiger partial charge in [-0.25, -0.2) is 0 Å². The first-order chi connectivity index (χ1) is 15.3. The van der Waals surface area contributed by atoms with Crippen LogP contribution in [0.3, 0.4) is 0 Å². The summed E-state index contributed by atoms with van der Waals surface area (Å²) in [6.45, 7) is 3.14. The third kappa shape index (κ3) is 5.69. The molecule has 0 aromatic heterocycles. The number of benzene rings is 3. The molecular formula is C24H23N3O5. The quantitative estimate of drug-likeness (QED) is 0.404. The Labute approximate surface area is 185 Å². The minimum absolute atomic E-state index is 0.0849. The number of rotatable bonds is 8. The smallest absolute Gasteiger partial charge is 0.274 e. The highest BCUT2D eigenvalue weighted by Gasteiger charge is 2.17. The molecule has 3 aromatic rings. The molecule has 0 fully saturated rings. The molecular weight excluding hydrogens is 410 g/mol. The number of carbonyl (C=O) groups excluding carboxylic acids is 2. The number of hydrogen-bond donors (Lipinski definition) is 2. The second-order valence-electron chi connectivity index (χ2n) is 7.20. The largest absolute Gasteiger partial charge is 0.483 e. The van der Waals surface area contributed by atoms with Crippen molar-refractivity contribution in [3.05, 3.63) is 99.6 Å². The Balaban J connectivity index is 1.63. The number of anilines is 1. The molecule has 0 heterocycles. The zero-order chi connectivity index (χ0) is 23.1. The molecule has 8 heteroatoms. The van der Waals surface area contributed by atoms with Crippen LogP contribution in [0.15, 0.2) is 72.8 Å². The Morgan fingerprint density at radius 3 is 2.44 bits per heavy atom. The average Bonchev–Trinajstić information content (AvgIpc) is 2.79. The maximum absolute atomic E-state index is 12.8. The van der Waals surface area contributed by atoms with Gasteiger partial charge in [0.15, 0.2) is 6.61 Å². The number of ether oxygens (including phenoxy) is 1. The van der Waals surface area contributed by atoms with Crippen molar-refractivity contribution >= 4 is 23.2 Å². The van der Waals surface area contributed by atoms with Crippen LogP contribution in [0.4, 0.5) is 11.4 Å². The van der Waals surface area contributed by atoms with Crippen LogP contribution in [0.1, 0.15) is 34.5 Å². The molecule has 0 aliphatic heterocycles. The van der Waals surface area contributed by atoms with Crippen LogP contribution in [0.25, 0.3) is 0 Å². The van der Waals surface area contributed by atoms with Crippen LogP contribution in [0, 0.1) is 17.0 Å². The Morgan fingerprint density at radius 1 is 1.03 bits per heavy atom. The summed E-state index contributed by atoms with van der Waals surface area (Å²) < 4.78 is 5.57. The summed E-state index contributed by atoms with van der Waals surface area (Å²) in [5.74, 6) is -0.571. The molecule has 164 valence electrons. The molecule has 0 saturated carbocycles. The van der Waals surface area contributed by atoms with Gasteiger partial charge in [-0.1, -0.05) is 48.5 Å². The fraction of sp³-hybridized carbons (Fsp3) is 0.167. The molecule has 2 amide bonds. The van der Waals surface area contributed by atoms with E-state index in [1.54, 1.807) is 43.3 Å². The van der Waals surface area contributed by atoms with Gasteiger partial charge < -0.3 is 15.4 Å². The van der Waals surface area contributed by atoms with E-state index < -0.39 is 10.8 Å². The van der Waals surface area contributed by atoms with Crippen LogP contribution in [-0.4, -0.2) is 23.3 Å². The highest BCUT2D eigenvalue weighted by molar-refractivity contribution is 5.97. The molecule has 1 atom stereocenters. The van der Waals surface area contributed by atoms with Crippen molar-refractivity contribution in [2.45, 2.75) is 19.9 Å². The number of nitrogens with zero attached hydrogens (tertiary/aromatic N) is 1. The van der Waals surface area contributed by atoms with Crippen LogP contribution in [0.5, 0.6) is 5.75 Å². The molecule has 3 rings (SSSR count). The zero-order valence-electron chi connectivity index (χ0n) is 17.7. The van der Waals surface area contributed by atoms with E-state index in [9.17, 15) is 19.7 Å². The number of aryl methyl sites for hydroxylation is 1. The second-order valence-corrected chi connectivity index (χ2v) is 7.20. The van der Waals surface area contributed by atoms with Crippen LogP contribution >= 0.6 is 0 Å². The van der Waals surface area contributed by atoms with Crippen molar-refractivity contribution in [3.63, 3.8) is 0 Å². The number of hydrogen-bond acceptors (Lipinski definition) is 5. The summed E-state index contributed by atoms with van der Waals surface area (Å²) in [6.07, 6.45) is 0. The van der Waals surface area contributed by atoms with Crippen LogP contribution in [0.2, 0.25) is 0 Å². The van der Waals surface area contributed by atoms with Gasteiger partial charge in [0.25, 0.3) is 17.5 Å². The van der Waals surface area contributed by atoms with Gasteiger partial charge >= 0.3 is 0 Å². The number of amides is 2. The topological polar surface area (TPSA) is 111 Å². The van der Waals surface area contributed by atoms with Gasteiger partial charge in [-0.2, -0.15) is 0 Å². The van der Waals surface area contributed by atoms with E-state index in [0.29, 0.717) is 16.8 Å².